The van der Waals surface area contributed by atoms with Crippen molar-refractivity contribution in [3.05, 3.63) is 30.5 Å². The summed E-state index contributed by atoms with van der Waals surface area (Å²) in [4.78, 5) is 42.2. The van der Waals surface area contributed by atoms with Gasteiger partial charge in [0, 0.05) is 35.4 Å². The second-order valence-corrected chi connectivity index (χ2v) is 11.6. The fourth-order valence-corrected chi connectivity index (χ4v) is 6.89. The molecule has 3 unspecified atom stereocenters. The maximum absolute atomic E-state index is 14.5. The van der Waals surface area contributed by atoms with Crippen LogP contribution in [0.5, 0.6) is 0 Å². The lowest BCUT2D eigenvalue weighted by atomic mass is 9.84. The van der Waals surface area contributed by atoms with Gasteiger partial charge in [0.2, 0.25) is 11.8 Å². The summed E-state index contributed by atoms with van der Waals surface area (Å²) in [6.45, 7) is 7.04. The SMILES string of the molecule is CCC[C@H](C(=O)N(c1cn(C(N)=O)c2ccccc12)C12CC1CCN2)C(C)C(=O)N[C@@H]1CCC[C@H](C)C1. The molecule has 1 aromatic carbocycles. The van der Waals surface area contributed by atoms with Crippen molar-refractivity contribution >= 4 is 34.4 Å². The van der Waals surface area contributed by atoms with Gasteiger partial charge in [-0.3, -0.25) is 24.4 Å². The Balaban J connectivity index is 1.49. The molecular formula is C29H41N5O3. The first kappa shape index (κ1) is 25.8. The van der Waals surface area contributed by atoms with E-state index in [2.05, 4.69) is 24.5 Å². The molecular weight excluding hydrogens is 466 g/mol. The minimum absolute atomic E-state index is 0.0327. The molecule has 8 heteroatoms. The molecule has 2 aliphatic carbocycles. The molecule has 1 aliphatic heterocycles. The number of fused-ring (bicyclic) bond motifs is 2. The monoisotopic (exact) mass is 507 g/mol. The van der Waals surface area contributed by atoms with E-state index >= 15 is 0 Å². The predicted octanol–water partition coefficient (Wildman–Crippen LogP) is 4.36. The minimum atomic E-state index is -0.585. The van der Waals surface area contributed by atoms with Gasteiger partial charge in [0.05, 0.1) is 11.2 Å². The van der Waals surface area contributed by atoms with Gasteiger partial charge in [0.1, 0.15) is 5.66 Å². The number of amides is 3. The van der Waals surface area contributed by atoms with Crippen LogP contribution in [0.1, 0.15) is 72.1 Å². The molecule has 3 amide bonds. The Morgan fingerprint density at radius 1 is 1.24 bits per heavy atom. The average molecular weight is 508 g/mol. The Bertz CT molecular complexity index is 1190. The Kier molecular flexibility index (Phi) is 7.05. The maximum atomic E-state index is 14.5. The smallest absolute Gasteiger partial charge is 0.323 e. The van der Waals surface area contributed by atoms with E-state index in [1.807, 2.05) is 36.1 Å². The normalized spacial score (nSPS) is 28.4. The molecule has 0 bridgehead atoms. The van der Waals surface area contributed by atoms with Crippen molar-refractivity contribution in [2.24, 2.45) is 29.4 Å². The number of anilines is 1. The van der Waals surface area contributed by atoms with Gasteiger partial charge in [-0.05, 0) is 50.6 Å². The van der Waals surface area contributed by atoms with Crippen LogP contribution in [-0.2, 0) is 9.59 Å². The van der Waals surface area contributed by atoms with Crippen LogP contribution >= 0.6 is 0 Å². The van der Waals surface area contributed by atoms with Crippen LogP contribution in [-0.4, -0.2) is 40.7 Å². The molecule has 1 aromatic heterocycles. The van der Waals surface area contributed by atoms with Crippen molar-refractivity contribution in [3.8, 4) is 0 Å². The van der Waals surface area contributed by atoms with Gasteiger partial charge in [0.15, 0.2) is 0 Å². The topological polar surface area (TPSA) is 109 Å². The van der Waals surface area contributed by atoms with Crippen molar-refractivity contribution in [3.63, 3.8) is 0 Å². The Labute approximate surface area is 219 Å². The number of rotatable bonds is 8. The number of piperidine rings is 1. The van der Waals surface area contributed by atoms with Crippen LogP contribution in [0.25, 0.3) is 10.9 Å². The third-order valence-electron chi connectivity index (χ3n) is 9.00. The highest BCUT2D eigenvalue weighted by molar-refractivity contribution is 6.08. The lowest BCUT2D eigenvalue weighted by Gasteiger charge is -2.36. The summed E-state index contributed by atoms with van der Waals surface area (Å²) in [5, 5.41) is 7.69. The quantitative estimate of drug-likeness (QED) is 0.493. The van der Waals surface area contributed by atoms with Crippen molar-refractivity contribution in [2.75, 3.05) is 11.4 Å². The van der Waals surface area contributed by atoms with Crippen LogP contribution in [0.3, 0.4) is 0 Å². The van der Waals surface area contributed by atoms with Gasteiger partial charge in [-0.2, -0.15) is 0 Å². The summed E-state index contributed by atoms with van der Waals surface area (Å²) in [5.41, 5.74) is 6.61. The fraction of sp³-hybridized carbons (Fsp3) is 0.621. The van der Waals surface area contributed by atoms with Gasteiger partial charge >= 0.3 is 6.03 Å². The lowest BCUT2D eigenvalue weighted by molar-refractivity contribution is -0.134. The zero-order chi connectivity index (χ0) is 26.3. The lowest BCUT2D eigenvalue weighted by Crippen LogP contribution is -2.54. The van der Waals surface area contributed by atoms with Gasteiger partial charge in [0.25, 0.3) is 0 Å². The van der Waals surface area contributed by atoms with E-state index in [4.69, 9.17) is 5.73 Å². The fourth-order valence-electron chi connectivity index (χ4n) is 6.89. The molecule has 5 rings (SSSR count). The summed E-state index contributed by atoms with van der Waals surface area (Å²) < 4.78 is 1.42. The Hall–Kier alpha value is -2.87. The largest absolute Gasteiger partial charge is 0.353 e. The number of nitrogens with one attached hydrogen (secondary N) is 2. The minimum Gasteiger partial charge on any atom is -0.353 e. The number of benzene rings is 1. The van der Waals surface area contributed by atoms with Crippen LogP contribution in [0.15, 0.2) is 30.5 Å². The average Bonchev–Trinajstić information content (AvgIpc) is 3.21. The number of nitrogens with two attached hydrogens (primary N) is 1. The van der Waals surface area contributed by atoms with Crippen LogP contribution in [0.4, 0.5) is 10.5 Å². The number of nitrogens with zero attached hydrogens (tertiary/aromatic N) is 2. The Morgan fingerprint density at radius 2 is 2.03 bits per heavy atom. The molecule has 4 N–H and O–H groups in total. The number of carbonyl (C=O) groups is 3. The summed E-state index contributed by atoms with van der Waals surface area (Å²) in [6, 6.07) is 7.16. The highest BCUT2D eigenvalue weighted by Crippen LogP contribution is 2.55. The van der Waals surface area contributed by atoms with Gasteiger partial charge in [-0.25, -0.2) is 4.79 Å². The third kappa shape index (κ3) is 4.65. The molecule has 3 aliphatic rings. The number of hydrogen-bond acceptors (Lipinski definition) is 4. The predicted molar refractivity (Wildman–Crippen MR) is 145 cm³/mol. The van der Waals surface area contributed by atoms with Crippen molar-refractivity contribution in [1.82, 2.24) is 15.2 Å². The molecule has 0 spiro atoms. The highest BCUT2D eigenvalue weighted by Gasteiger charge is 2.63. The molecule has 8 nitrogen and oxygen atoms in total. The molecule has 1 saturated heterocycles. The number of primary amides is 1. The molecule has 3 fully saturated rings. The number of aromatic nitrogens is 1. The van der Waals surface area contributed by atoms with Gasteiger partial charge in [-0.15, -0.1) is 0 Å². The highest BCUT2D eigenvalue weighted by atomic mass is 16.2. The van der Waals surface area contributed by atoms with E-state index in [1.165, 1.54) is 11.0 Å². The molecule has 2 heterocycles. The van der Waals surface area contributed by atoms with Crippen molar-refractivity contribution in [2.45, 2.75) is 83.8 Å². The second-order valence-electron chi connectivity index (χ2n) is 11.6. The molecule has 0 radical (unpaired) electrons. The molecule has 2 aromatic rings. The van der Waals surface area contributed by atoms with E-state index in [0.29, 0.717) is 29.5 Å². The number of carbonyl (C=O) groups excluding carboxylic acids is 3. The summed E-state index contributed by atoms with van der Waals surface area (Å²) >= 11 is 0. The molecule has 6 atom stereocenters. The summed E-state index contributed by atoms with van der Waals surface area (Å²) in [6.07, 6.45) is 9.34. The first-order valence-corrected chi connectivity index (χ1v) is 14.1. The van der Waals surface area contributed by atoms with Crippen molar-refractivity contribution in [1.29, 1.82) is 0 Å². The maximum Gasteiger partial charge on any atom is 0.323 e. The van der Waals surface area contributed by atoms with E-state index in [0.717, 1.165) is 50.5 Å². The standard InChI is InChI=1S/C29H41N5O3/c1-4-8-22(19(3)26(35)32-21-10-7-9-18(2)15-21)27(36)34(29-16-20(29)13-14-31-29)25-17-33(28(30)37)24-12-6-5-11-23(24)25/h5-6,11-12,17-22,31H,4,7-10,13-16H2,1-3H3,(H2,30,37)(H,32,35)/t18-,19?,20?,21+,22-,29?/m0/s1. The first-order chi connectivity index (χ1) is 17.8. The van der Waals surface area contributed by atoms with E-state index < -0.39 is 23.5 Å². The third-order valence-corrected chi connectivity index (χ3v) is 9.00. The Morgan fingerprint density at radius 3 is 2.68 bits per heavy atom. The first-order valence-electron chi connectivity index (χ1n) is 14.1. The van der Waals surface area contributed by atoms with Crippen LogP contribution in [0.2, 0.25) is 0 Å². The van der Waals surface area contributed by atoms with Crippen molar-refractivity contribution < 1.29 is 14.4 Å². The van der Waals surface area contributed by atoms with E-state index in [1.54, 1.807) is 6.20 Å². The summed E-state index contributed by atoms with van der Waals surface area (Å²) in [5.74, 6) is -0.0195. The summed E-state index contributed by atoms with van der Waals surface area (Å²) in [7, 11) is 0. The number of hydrogen-bond donors (Lipinski definition) is 3. The molecule has 37 heavy (non-hydrogen) atoms. The van der Waals surface area contributed by atoms with E-state index in [-0.39, 0.29) is 17.9 Å². The van der Waals surface area contributed by atoms with Crippen LogP contribution in [0, 0.1) is 23.7 Å². The van der Waals surface area contributed by atoms with Gasteiger partial charge in [-0.1, -0.05) is 58.2 Å². The van der Waals surface area contributed by atoms with Gasteiger partial charge < -0.3 is 11.1 Å². The number of para-hydroxylation sites is 1. The zero-order valence-electron chi connectivity index (χ0n) is 22.3. The van der Waals surface area contributed by atoms with Crippen LogP contribution < -0.4 is 21.3 Å². The second kappa shape index (κ2) is 10.1. The molecule has 2 saturated carbocycles. The zero-order valence-corrected chi connectivity index (χ0v) is 22.3. The molecule has 200 valence electrons. The van der Waals surface area contributed by atoms with E-state index in [9.17, 15) is 14.4 Å².